The third-order valence-electron chi connectivity index (χ3n) is 2.36. The van der Waals surface area contributed by atoms with E-state index in [2.05, 4.69) is 10.3 Å². The Bertz CT molecular complexity index is 626. The van der Waals surface area contributed by atoms with Crippen LogP contribution in [0.2, 0.25) is 0 Å². The highest BCUT2D eigenvalue weighted by atomic mass is 19.1. The van der Waals surface area contributed by atoms with Crippen LogP contribution in [0.5, 0.6) is 0 Å². The van der Waals surface area contributed by atoms with E-state index in [0.29, 0.717) is 0 Å². The lowest BCUT2D eigenvalue weighted by atomic mass is 10.2. The van der Waals surface area contributed by atoms with Gasteiger partial charge in [0.2, 0.25) is 0 Å². The minimum absolute atomic E-state index is 0.0873. The summed E-state index contributed by atoms with van der Waals surface area (Å²) < 4.78 is 12.7. The van der Waals surface area contributed by atoms with E-state index in [9.17, 15) is 14.0 Å². The molecule has 0 aliphatic carbocycles. The van der Waals surface area contributed by atoms with Crippen LogP contribution in [0.3, 0.4) is 0 Å². The predicted octanol–water partition coefficient (Wildman–Crippen LogP) is 2.17. The maximum absolute atomic E-state index is 12.7. The summed E-state index contributed by atoms with van der Waals surface area (Å²) in [6.45, 7) is 0. The van der Waals surface area contributed by atoms with Gasteiger partial charge in [-0.05, 0) is 36.4 Å². The van der Waals surface area contributed by atoms with Crippen molar-refractivity contribution >= 4 is 17.6 Å². The molecular formula is C13H9FN2O3. The van der Waals surface area contributed by atoms with E-state index in [4.69, 9.17) is 5.11 Å². The fourth-order valence-corrected chi connectivity index (χ4v) is 1.47. The van der Waals surface area contributed by atoms with Gasteiger partial charge in [-0.15, -0.1) is 0 Å². The van der Waals surface area contributed by atoms with E-state index in [-0.39, 0.29) is 16.9 Å². The van der Waals surface area contributed by atoms with Crippen molar-refractivity contribution in [1.82, 2.24) is 4.98 Å². The normalized spacial score (nSPS) is 9.95. The molecule has 0 atom stereocenters. The van der Waals surface area contributed by atoms with Crippen molar-refractivity contribution < 1.29 is 19.1 Å². The lowest BCUT2D eigenvalue weighted by molar-refractivity contribution is 0.0691. The number of pyridine rings is 1. The monoisotopic (exact) mass is 260 g/mol. The average Bonchev–Trinajstić information content (AvgIpc) is 2.39. The van der Waals surface area contributed by atoms with Crippen molar-refractivity contribution in [3.63, 3.8) is 0 Å². The number of carbonyl (C=O) groups is 2. The number of nitrogens with zero attached hydrogens (tertiary/aromatic N) is 1. The number of hydrogen-bond acceptors (Lipinski definition) is 3. The molecule has 5 nitrogen and oxygen atoms in total. The number of carboxylic acids is 1. The minimum atomic E-state index is -1.24. The Balaban J connectivity index is 2.24. The summed E-state index contributed by atoms with van der Waals surface area (Å²) in [7, 11) is 0. The van der Waals surface area contributed by atoms with Crippen molar-refractivity contribution in [3.8, 4) is 0 Å². The van der Waals surface area contributed by atoms with Crippen LogP contribution < -0.4 is 5.32 Å². The van der Waals surface area contributed by atoms with Gasteiger partial charge in [0.1, 0.15) is 5.82 Å². The molecule has 19 heavy (non-hydrogen) atoms. The van der Waals surface area contributed by atoms with Crippen molar-refractivity contribution in [2.24, 2.45) is 0 Å². The number of amides is 1. The first kappa shape index (κ1) is 12.7. The van der Waals surface area contributed by atoms with Crippen LogP contribution in [-0.2, 0) is 0 Å². The molecule has 0 saturated heterocycles. The number of aromatic carboxylic acids is 1. The van der Waals surface area contributed by atoms with Crippen LogP contribution in [0.1, 0.15) is 20.8 Å². The summed E-state index contributed by atoms with van der Waals surface area (Å²) in [5, 5.41) is 11.3. The summed E-state index contributed by atoms with van der Waals surface area (Å²) >= 11 is 0. The van der Waals surface area contributed by atoms with Gasteiger partial charge in [0.25, 0.3) is 5.91 Å². The Hall–Kier alpha value is -2.76. The number of benzene rings is 1. The first-order chi connectivity index (χ1) is 9.08. The fraction of sp³-hybridized carbons (Fsp3) is 0. The third-order valence-corrected chi connectivity index (χ3v) is 2.36. The number of carbonyl (C=O) groups excluding carboxylic acids is 1. The Morgan fingerprint density at radius 3 is 2.47 bits per heavy atom. The third kappa shape index (κ3) is 2.92. The molecule has 6 heteroatoms. The van der Waals surface area contributed by atoms with Gasteiger partial charge in [-0.2, -0.15) is 0 Å². The zero-order valence-electron chi connectivity index (χ0n) is 9.63. The fourth-order valence-electron chi connectivity index (χ4n) is 1.47. The first-order valence-corrected chi connectivity index (χ1v) is 5.33. The van der Waals surface area contributed by atoms with Crippen LogP contribution in [0.4, 0.5) is 10.1 Å². The molecule has 96 valence electrons. The van der Waals surface area contributed by atoms with Gasteiger partial charge < -0.3 is 10.4 Å². The number of halogens is 1. The summed E-state index contributed by atoms with van der Waals surface area (Å²) in [5.74, 6) is -2.23. The maximum Gasteiger partial charge on any atom is 0.356 e. The maximum atomic E-state index is 12.7. The van der Waals surface area contributed by atoms with E-state index in [1.54, 1.807) is 0 Å². The molecular weight excluding hydrogens is 251 g/mol. The number of anilines is 1. The molecule has 0 bridgehead atoms. The molecule has 2 rings (SSSR count). The highest BCUT2D eigenvalue weighted by Gasteiger charge is 2.14. The number of rotatable bonds is 3. The smallest absolute Gasteiger partial charge is 0.356 e. The second kappa shape index (κ2) is 5.26. The second-order valence-corrected chi connectivity index (χ2v) is 3.67. The van der Waals surface area contributed by atoms with Crippen molar-refractivity contribution in [1.29, 1.82) is 0 Å². The van der Waals surface area contributed by atoms with Crippen molar-refractivity contribution in [2.75, 3.05) is 5.32 Å². The zero-order valence-corrected chi connectivity index (χ0v) is 9.63. The Labute approximate surface area is 107 Å². The number of carboxylic acid groups (broad SMARTS) is 1. The van der Waals surface area contributed by atoms with Gasteiger partial charge >= 0.3 is 5.97 Å². The summed E-state index contributed by atoms with van der Waals surface area (Å²) in [6.07, 6.45) is 1.32. The molecule has 1 aromatic carbocycles. The second-order valence-electron chi connectivity index (χ2n) is 3.67. The van der Waals surface area contributed by atoms with Gasteiger partial charge in [0.05, 0.1) is 5.69 Å². The molecule has 2 N–H and O–H groups in total. The topological polar surface area (TPSA) is 79.3 Å². The van der Waals surface area contributed by atoms with Gasteiger partial charge in [-0.1, -0.05) is 0 Å². The molecule has 0 aliphatic rings. The summed E-state index contributed by atoms with van der Waals surface area (Å²) in [5.41, 5.74) is 0.0591. The van der Waals surface area contributed by atoms with Gasteiger partial charge in [0, 0.05) is 11.8 Å². The summed E-state index contributed by atoms with van der Waals surface area (Å²) in [6, 6.07) is 7.85. The molecule has 1 aromatic heterocycles. The van der Waals surface area contributed by atoms with Gasteiger partial charge in [-0.3, -0.25) is 4.79 Å². The van der Waals surface area contributed by atoms with E-state index in [1.165, 1.54) is 30.5 Å². The highest BCUT2D eigenvalue weighted by molar-refractivity contribution is 6.07. The van der Waals surface area contributed by atoms with Crippen LogP contribution in [-0.4, -0.2) is 22.0 Å². The lowest BCUT2D eigenvalue weighted by Crippen LogP contribution is -2.15. The van der Waals surface area contributed by atoms with Gasteiger partial charge in [-0.25, -0.2) is 14.2 Å². The largest absolute Gasteiger partial charge is 0.476 e. The molecule has 2 aromatic rings. The van der Waals surface area contributed by atoms with E-state index in [0.717, 1.165) is 12.1 Å². The minimum Gasteiger partial charge on any atom is -0.476 e. The van der Waals surface area contributed by atoms with Crippen LogP contribution in [0.25, 0.3) is 0 Å². The molecule has 0 radical (unpaired) electrons. The first-order valence-electron chi connectivity index (χ1n) is 5.33. The molecule has 0 fully saturated rings. The van der Waals surface area contributed by atoms with E-state index >= 15 is 0 Å². The number of nitrogens with one attached hydrogen (secondary N) is 1. The van der Waals surface area contributed by atoms with Crippen LogP contribution in [0.15, 0.2) is 42.6 Å². The highest BCUT2D eigenvalue weighted by Crippen LogP contribution is 2.14. The molecule has 0 aliphatic heterocycles. The lowest BCUT2D eigenvalue weighted by Gasteiger charge is -2.07. The zero-order chi connectivity index (χ0) is 13.8. The average molecular weight is 260 g/mol. The Morgan fingerprint density at radius 2 is 1.84 bits per heavy atom. The van der Waals surface area contributed by atoms with E-state index < -0.39 is 17.7 Å². The number of aromatic nitrogens is 1. The summed E-state index contributed by atoms with van der Waals surface area (Å²) in [4.78, 5) is 26.4. The Kier molecular flexibility index (Phi) is 3.51. The van der Waals surface area contributed by atoms with Crippen LogP contribution >= 0.6 is 0 Å². The van der Waals surface area contributed by atoms with Crippen LogP contribution in [0, 0.1) is 5.82 Å². The SMILES string of the molecule is O=C(Nc1cccnc1C(=O)O)c1ccc(F)cc1. The quantitative estimate of drug-likeness (QED) is 0.886. The standard InChI is InChI=1S/C13H9FN2O3/c14-9-5-3-8(4-6-9)12(17)16-10-2-1-7-15-11(10)13(18)19/h1-7H,(H,16,17)(H,18,19). The molecule has 0 saturated carbocycles. The molecule has 1 heterocycles. The van der Waals surface area contributed by atoms with Crippen molar-refractivity contribution in [2.45, 2.75) is 0 Å². The molecule has 0 spiro atoms. The predicted molar refractivity (Wildman–Crippen MR) is 65.5 cm³/mol. The van der Waals surface area contributed by atoms with E-state index in [1.807, 2.05) is 0 Å². The number of hydrogen-bond donors (Lipinski definition) is 2. The van der Waals surface area contributed by atoms with Crippen molar-refractivity contribution in [3.05, 3.63) is 59.7 Å². The molecule has 0 unspecified atom stereocenters. The Morgan fingerprint density at radius 1 is 1.16 bits per heavy atom. The molecule has 1 amide bonds. The van der Waals surface area contributed by atoms with Gasteiger partial charge in [0.15, 0.2) is 5.69 Å².